The molecule has 6 aliphatic carbocycles. The molecular formula is C57H80N4O13. The first-order valence-electron chi connectivity index (χ1n) is 27.1. The maximum Gasteiger partial charge on any atom is 0.312 e. The highest BCUT2D eigenvalue weighted by Gasteiger charge is 2.72. The molecule has 17 heteroatoms. The molecule has 7 aliphatic rings. The molecule has 17 nitrogen and oxygen atoms in total. The van der Waals surface area contributed by atoms with Crippen LogP contribution in [0.15, 0.2) is 30.2 Å². The van der Waals surface area contributed by atoms with E-state index in [1.165, 1.54) is 18.6 Å². The number of Topliss-reactive ketones (excluding diaryl/α,β-unsaturated/α-hetero) is 1. The predicted molar refractivity (Wildman–Crippen MR) is 271 cm³/mol. The number of allylic oxidation sites excluding steroid dienone is 3. The third-order valence-corrected chi connectivity index (χ3v) is 20.2. The number of carbonyl (C=O) groups is 8. The Hall–Kier alpha value is -5.32. The van der Waals surface area contributed by atoms with Crippen LogP contribution in [0, 0.1) is 56.7 Å². The minimum absolute atomic E-state index is 0.00244. The van der Waals surface area contributed by atoms with Crippen molar-refractivity contribution in [2.75, 3.05) is 53.1 Å². The van der Waals surface area contributed by atoms with Gasteiger partial charge in [-0.3, -0.25) is 38.4 Å². The molecular weight excluding hydrogens is 949 g/mol. The van der Waals surface area contributed by atoms with Crippen molar-refractivity contribution in [2.45, 2.75) is 144 Å². The van der Waals surface area contributed by atoms with Crippen molar-refractivity contribution >= 4 is 47.3 Å². The van der Waals surface area contributed by atoms with Crippen molar-refractivity contribution in [3.05, 3.63) is 47.0 Å². The zero-order chi connectivity index (χ0) is 53.5. The topological polar surface area (TPSA) is 215 Å². The number of esters is 4. The fraction of sp³-hybridized carbons (Fsp3) is 0.719. The summed E-state index contributed by atoms with van der Waals surface area (Å²) in [6, 6.07) is -0.216. The van der Waals surface area contributed by atoms with E-state index in [1.807, 2.05) is 4.90 Å². The number of rotatable bonds is 17. The molecule has 1 saturated heterocycles. The quantitative estimate of drug-likeness (QED) is 0.0716. The summed E-state index contributed by atoms with van der Waals surface area (Å²) in [7, 11) is 2.92. The molecule has 1 aromatic heterocycles. The molecule has 1 aliphatic heterocycles. The van der Waals surface area contributed by atoms with E-state index in [9.17, 15) is 38.4 Å². The zero-order valence-electron chi connectivity index (χ0n) is 45.1. The van der Waals surface area contributed by atoms with Gasteiger partial charge in [0.1, 0.15) is 25.5 Å². The summed E-state index contributed by atoms with van der Waals surface area (Å²) in [5.41, 5.74) is 0.245. The lowest BCUT2D eigenvalue weighted by Gasteiger charge is -2.73. The highest BCUT2D eigenvalue weighted by Crippen LogP contribution is 2.77. The van der Waals surface area contributed by atoms with Crippen LogP contribution in [0.1, 0.15) is 158 Å². The summed E-state index contributed by atoms with van der Waals surface area (Å²) < 4.78 is 29.3. The van der Waals surface area contributed by atoms with Gasteiger partial charge in [0.2, 0.25) is 23.4 Å². The summed E-state index contributed by atoms with van der Waals surface area (Å²) in [6.07, 6.45) is 11.0. The third kappa shape index (κ3) is 9.76. The van der Waals surface area contributed by atoms with Gasteiger partial charge in [-0.15, -0.1) is 0 Å². The van der Waals surface area contributed by atoms with Gasteiger partial charge in [0.05, 0.1) is 37.5 Å². The number of nitrogens with one attached hydrogen (secondary N) is 2. The van der Waals surface area contributed by atoms with Crippen molar-refractivity contribution in [3.63, 3.8) is 0 Å². The highest BCUT2D eigenvalue weighted by molar-refractivity contribution is 6.23. The molecule has 6 fully saturated rings. The monoisotopic (exact) mass is 1030 g/mol. The first kappa shape index (κ1) is 54.9. The highest BCUT2D eigenvalue weighted by atomic mass is 16.6. The summed E-state index contributed by atoms with van der Waals surface area (Å²) in [5.74, 6) is -2.08. The normalized spacial score (nSPS) is 34.1. The molecule has 5 saturated carbocycles. The molecule has 0 bridgehead atoms. The van der Waals surface area contributed by atoms with Gasteiger partial charge >= 0.3 is 23.9 Å². The van der Waals surface area contributed by atoms with Crippen LogP contribution in [0.25, 0.3) is 0 Å². The Balaban J connectivity index is 0.881. The SMILES string of the molecule is C=C(C)[C@@H]1CC[C@]2(C(=O)OCCOC(=O)CCC(=O)OCc3cn(C)c4c3C(=O)C(OC)=CC4=O)CC[C@]3(C)[C@H](CC[C@@H]4[C@@]5(C)CC[C@H](NC(=O)CCC(=O)N6CCNCC6)[C@@](C)(COC(C)=O)[C@@H]5CC[C@]43C)[C@@H]12. The zero-order valence-corrected chi connectivity index (χ0v) is 45.1. The molecule has 406 valence electrons. The van der Waals surface area contributed by atoms with Crippen LogP contribution >= 0.6 is 0 Å². The van der Waals surface area contributed by atoms with Crippen LogP contribution < -0.4 is 10.6 Å². The second kappa shape index (κ2) is 21.4. The van der Waals surface area contributed by atoms with Gasteiger partial charge in [0, 0.05) is 82.3 Å². The number of aromatic nitrogens is 1. The summed E-state index contributed by atoms with van der Waals surface area (Å²) in [5, 5.41) is 6.62. The van der Waals surface area contributed by atoms with Gasteiger partial charge in [0.25, 0.3) is 0 Å². The molecule has 2 heterocycles. The van der Waals surface area contributed by atoms with E-state index in [0.717, 1.165) is 76.1 Å². The van der Waals surface area contributed by atoms with E-state index >= 15 is 0 Å². The van der Waals surface area contributed by atoms with Crippen LogP contribution in [0.5, 0.6) is 0 Å². The van der Waals surface area contributed by atoms with Gasteiger partial charge in [0.15, 0.2) is 5.76 Å². The molecule has 2 N–H and O–H groups in total. The predicted octanol–water partition coefficient (Wildman–Crippen LogP) is 6.74. The van der Waals surface area contributed by atoms with Gasteiger partial charge in [-0.1, -0.05) is 39.8 Å². The molecule has 0 aromatic carbocycles. The minimum Gasteiger partial charge on any atom is -0.492 e. The van der Waals surface area contributed by atoms with E-state index in [2.05, 4.69) is 51.8 Å². The Kier molecular flexibility index (Phi) is 15.9. The third-order valence-electron chi connectivity index (χ3n) is 20.2. The van der Waals surface area contributed by atoms with Crippen LogP contribution in [0.2, 0.25) is 0 Å². The van der Waals surface area contributed by atoms with E-state index in [4.69, 9.17) is 23.7 Å². The van der Waals surface area contributed by atoms with Crippen LogP contribution in [0.3, 0.4) is 0 Å². The Morgan fingerprint density at radius 3 is 2.18 bits per heavy atom. The largest absolute Gasteiger partial charge is 0.492 e. The Morgan fingerprint density at radius 2 is 1.49 bits per heavy atom. The van der Waals surface area contributed by atoms with Crippen LogP contribution in [-0.4, -0.2) is 116 Å². The molecule has 74 heavy (non-hydrogen) atoms. The Bertz CT molecular complexity index is 2470. The lowest BCUT2D eigenvalue weighted by atomic mass is 9.32. The lowest BCUT2D eigenvalue weighted by molar-refractivity contribution is -0.246. The van der Waals surface area contributed by atoms with Crippen molar-refractivity contribution < 1.29 is 62.0 Å². The smallest absolute Gasteiger partial charge is 0.312 e. The number of methoxy groups -OCH3 is 1. The average molecular weight is 1030 g/mol. The van der Waals surface area contributed by atoms with E-state index in [1.54, 1.807) is 13.2 Å². The fourth-order valence-electron chi connectivity index (χ4n) is 16.4. The van der Waals surface area contributed by atoms with Crippen molar-refractivity contribution in [1.29, 1.82) is 0 Å². The minimum atomic E-state index is -0.697. The molecule has 11 atom stereocenters. The number of hydrogen-bond donors (Lipinski definition) is 2. The molecule has 0 spiro atoms. The summed E-state index contributed by atoms with van der Waals surface area (Å²) in [6.45, 7) is 20.1. The number of fused-ring (bicyclic) bond motifs is 8. The van der Waals surface area contributed by atoms with Crippen LogP contribution in [0.4, 0.5) is 0 Å². The second-order valence-electron chi connectivity index (χ2n) is 23.8. The number of aryl methyl sites for hydroxylation is 1. The maximum absolute atomic E-state index is 14.6. The van der Waals surface area contributed by atoms with Crippen molar-refractivity contribution in [3.8, 4) is 0 Å². The first-order valence-corrected chi connectivity index (χ1v) is 27.1. The number of carbonyl (C=O) groups excluding carboxylic acids is 8. The van der Waals surface area contributed by atoms with Gasteiger partial charge < -0.3 is 43.8 Å². The molecule has 1 aromatic rings. The van der Waals surface area contributed by atoms with Crippen molar-refractivity contribution in [2.24, 2.45) is 63.7 Å². The van der Waals surface area contributed by atoms with Crippen LogP contribution in [-0.2, 0) is 66.1 Å². The second-order valence-corrected chi connectivity index (χ2v) is 23.8. The number of piperazine rings is 1. The van der Waals surface area contributed by atoms with E-state index in [-0.39, 0.29) is 139 Å². The summed E-state index contributed by atoms with van der Waals surface area (Å²) >= 11 is 0. The standard InChI is InChI=1S/C57H80N4O13/c1-34(2)37-16-21-57(52(69)72-29-28-71-46(66)14-15-47(67)73-32-36-31-60(8)50-39(63)30-40(70-9)51(68)48(36)50)23-22-55(6)38(49(37)57)10-11-42-53(4)19-18-43(59-44(64)12-13-45(65)61-26-24-58-25-27-61)54(5,33-74-35(3)62)41(53)17-20-56(42,55)7/h30-31,37-38,41-43,49,58H,1,10-29,32-33H2,2-9H3,(H,59,64)/t37-,38+,41+,42+,43-,49+,53-,54-,55+,56+,57-/m0/s1. The Labute approximate surface area is 435 Å². The molecule has 2 amide bonds. The van der Waals surface area contributed by atoms with Gasteiger partial charge in [-0.05, 0) is 117 Å². The summed E-state index contributed by atoms with van der Waals surface area (Å²) in [4.78, 5) is 106. The average Bonchev–Trinajstić information content (AvgIpc) is 3.94. The lowest BCUT2D eigenvalue weighted by Crippen LogP contribution is -2.69. The number of amides is 2. The molecule has 0 unspecified atom stereocenters. The number of ketones is 2. The first-order chi connectivity index (χ1) is 35.0. The van der Waals surface area contributed by atoms with E-state index < -0.39 is 34.3 Å². The molecule has 0 radical (unpaired) electrons. The molecule has 8 rings (SSSR count). The fourth-order valence-corrected chi connectivity index (χ4v) is 16.4. The Morgan fingerprint density at radius 1 is 0.784 bits per heavy atom. The maximum atomic E-state index is 14.6. The number of nitrogens with zero attached hydrogens (tertiary/aromatic N) is 2. The number of hydrogen-bond acceptors (Lipinski definition) is 14. The van der Waals surface area contributed by atoms with Gasteiger partial charge in [-0.25, -0.2) is 0 Å². The van der Waals surface area contributed by atoms with Gasteiger partial charge in [-0.2, -0.15) is 0 Å². The van der Waals surface area contributed by atoms with Crippen molar-refractivity contribution in [1.82, 2.24) is 20.1 Å². The van der Waals surface area contributed by atoms with E-state index in [0.29, 0.717) is 37.4 Å². The number of ether oxygens (including phenoxy) is 5.